The number of hydrogen-bond acceptors (Lipinski definition) is 7. The number of ether oxygens (including phenoxy) is 2. The van der Waals surface area contributed by atoms with Gasteiger partial charge in [-0.25, -0.2) is 9.59 Å². The Kier molecular flexibility index (Phi) is 9.81. The molecule has 0 spiro atoms. The zero-order valence-corrected chi connectivity index (χ0v) is 15.5. The van der Waals surface area contributed by atoms with E-state index in [0.717, 1.165) is 5.56 Å². The third kappa shape index (κ3) is 8.02. The summed E-state index contributed by atoms with van der Waals surface area (Å²) < 4.78 is 27.8. The normalized spacial score (nSPS) is 13.6. The van der Waals surface area contributed by atoms with Crippen LogP contribution in [0.2, 0.25) is 0 Å². The fourth-order valence-corrected chi connectivity index (χ4v) is 3.01. The molecule has 0 aliphatic carbocycles. The van der Waals surface area contributed by atoms with E-state index in [-0.39, 0.29) is 0 Å². The summed E-state index contributed by atoms with van der Waals surface area (Å²) >= 11 is 0. The third-order valence-corrected chi connectivity index (χ3v) is 5.22. The van der Waals surface area contributed by atoms with Crippen molar-refractivity contribution in [2.45, 2.75) is 19.1 Å². The van der Waals surface area contributed by atoms with Gasteiger partial charge in [0.2, 0.25) is 7.37 Å². The molecule has 2 atom stereocenters. The molecule has 142 valence electrons. The summed E-state index contributed by atoms with van der Waals surface area (Å²) in [7, 11) is 0.372. The summed E-state index contributed by atoms with van der Waals surface area (Å²) in [6, 6.07) is 5.53. The lowest BCUT2D eigenvalue weighted by atomic mass is 10.1. The topological polar surface area (TPSA) is 145 Å². The molecular formula is C15H24NO8P. The Bertz CT molecular complexity index is 622. The Morgan fingerprint density at radius 3 is 2.08 bits per heavy atom. The summed E-state index contributed by atoms with van der Waals surface area (Å²) in [5.74, 6) is -2.88. The number of nitrogens with two attached hydrogens (primary N) is 1. The van der Waals surface area contributed by atoms with Gasteiger partial charge in [-0.15, -0.1) is 0 Å². The van der Waals surface area contributed by atoms with Crippen molar-refractivity contribution in [3.8, 4) is 11.5 Å². The summed E-state index contributed by atoms with van der Waals surface area (Å²) in [5, 5.41) is 14.8. The van der Waals surface area contributed by atoms with Crippen LogP contribution in [0.4, 0.5) is 0 Å². The molecule has 10 heteroatoms. The average molecular weight is 377 g/mol. The van der Waals surface area contributed by atoms with E-state index < -0.39 is 25.1 Å². The van der Waals surface area contributed by atoms with Crippen molar-refractivity contribution >= 4 is 19.3 Å². The molecule has 1 aromatic rings. The molecule has 0 amide bonds. The number of hydrogen-bond donors (Lipinski definition) is 3. The Balaban J connectivity index is 0.000000823. The first-order chi connectivity index (χ1) is 11.6. The molecule has 0 saturated carbocycles. The smallest absolute Gasteiger partial charge is 0.414 e. The van der Waals surface area contributed by atoms with Crippen LogP contribution in [-0.4, -0.2) is 55.4 Å². The Morgan fingerprint density at radius 1 is 1.16 bits per heavy atom. The van der Waals surface area contributed by atoms with E-state index in [4.69, 9.17) is 39.5 Å². The minimum absolute atomic E-state index is 0.396. The molecule has 0 bridgehead atoms. The standard InChI is InChI=1S/C13H22NO4P.C2H2O4/c1-5-18-19(4,15)13(14)9-10-6-7-11(16-2)12(8-10)17-3;3-1(4)2(5)6/h6-8,13H,5,9,14H2,1-4H3;(H,3,4)(H,5,6). The van der Waals surface area contributed by atoms with Gasteiger partial charge in [0.1, 0.15) is 0 Å². The second-order valence-corrected chi connectivity index (χ2v) is 7.64. The molecule has 0 heterocycles. The predicted octanol–water partition coefficient (Wildman–Crippen LogP) is 1.63. The number of carboxylic acid groups (broad SMARTS) is 2. The molecule has 0 aliphatic heterocycles. The average Bonchev–Trinajstić information content (AvgIpc) is 2.55. The van der Waals surface area contributed by atoms with E-state index in [1.54, 1.807) is 27.8 Å². The molecule has 25 heavy (non-hydrogen) atoms. The van der Waals surface area contributed by atoms with Crippen molar-refractivity contribution in [2.24, 2.45) is 5.73 Å². The van der Waals surface area contributed by atoms with Crippen molar-refractivity contribution in [2.75, 3.05) is 27.5 Å². The fourth-order valence-electron chi connectivity index (χ4n) is 1.77. The highest BCUT2D eigenvalue weighted by molar-refractivity contribution is 7.58. The van der Waals surface area contributed by atoms with Crippen molar-refractivity contribution in [3.63, 3.8) is 0 Å². The lowest BCUT2D eigenvalue weighted by Gasteiger charge is -2.20. The first kappa shape index (κ1) is 22.9. The quantitative estimate of drug-likeness (QED) is 0.476. The van der Waals surface area contributed by atoms with Crippen LogP contribution in [0, 0.1) is 0 Å². The van der Waals surface area contributed by atoms with Gasteiger partial charge >= 0.3 is 11.9 Å². The summed E-state index contributed by atoms with van der Waals surface area (Å²) in [6.07, 6.45) is 0.466. The second-order valence-electron chi connectivity index (χ2n) is 4.90. The molecule has 4 N–H and O–H groups in total. The SMILES string of the molecule is CCOP(C)(=O)C(N)Cc1ccc(OC)c(OC)c1.O=C(O)C(=O)O. The highest BCUT2D eigenvalue weighted by Crippen LogP contribution is 2.46. The molecule has 0 radical (unpaired) electrons. The van der Waals surface area contributed by atoms with E-state index in [1.807, 2.05) is 18.2 Å². The molecule has 0 fully saturated rings. The van der Waals surface area contributed by atoms with Crippen LogP contribution in [0.1, 0.15) is 12.5 Å². The van der Waals surface area contributed by atoms with Crippen molar-refractivity contribution < 1.29 is 38.4 Å². The van der Waals surface area contributed by atoms with Crippen LogP contribution < -0.4 is 15.2 Å². The minimum atomic E-state index is -2.79. The van der Waals surface area contributed by atoms with Crippen LogP contribution in [-0.2, 0) is 25.1 Å². The molecule has 0 saturated heterocycles. The largest absolute Gasteiger partial charge is 0.493 e. The number of carboxylic acids is 2. The van der Waals surface area contributed by atoms with E-state index in [9.17, 15) is 4.57 Å². The number of rotatable bonds is 7. The van der Waals surface area contributed by atoms with Crippen LogP contribution in [0.5, 0.6) is 11.5 Å². The maximum atomic E-state index is 12.2. The number of aliphatic carboxylic acids is 2. The van der Waals surface area contributed by atoms with Crippen LogP contribution >= 0.6 is 7.37 Å². The van der Waals surface area contributed by atoms with Gasteiger partial charge < -0.3 is 29.9 Å². The van der Waals surface area contributed by atoms with Gasteiger partial charge in [0, 0.05) is 6.66 Å². The van der Waals surface area contributed by atoms with Gasteiger partial charge in [0.05, 0.1) is 26.6 Å². The second kappa shape index (κ2) is 10.7. The maximum absolute atomic E-state index is 12.2. The van der Waals surface area contributed by atoms with Gasteiger partial charge in [-0.3, -0.25) is 4.57 Å². The van der Waals surface area contributed by atoms with E-state index in [2.05, 4.69) is 0 Å². The highest BCUT2D eigenvalue weighted by atomic mass is 31.2. The first-order valence-corrected chi connectivity index (χ1v) is 9.37. The molecule has 9 nitrogen and oxygen atoms in total. The Labute approximate surface area is 146 Å². The van der Waals surface area contributed by atoms with Gasteiger partial charge in [-0.1, -0.05) is 6.07 Å². The minimum Gasteiger partial charge on any atom is -0.493 e. The maximum Gasteiger partial charge on any atom is 0.414 e. The van der Waals surface area contributed by atoms with Gasteiger partial charge in [-0.2, -0.15) is 0 Å². The van der Waals surface area contributed by atoms with Crippen LogP contribution in [0.15, 0.2) is 18.2 Å². The Hall–Kier alpha value is -2.09. The number of methoxy groups -OCH3 is 2. The predicted molar refractivity (Wildman–Crippen MR) is 91.7 cm³/mol. The molecule has 0 aromatic heterocycles. The lowest BCUT2D eigenvalue weighted by molar-refractivity contribution is -0.159. The summed E-state index contributed by atoms with van der Waals surface area (Å²) in [4.78, 5) is 18.2. The lowest BCUT2D eigenvalue weighted by Crippen LogP contribution is -2.23. The molecular weight excluding hydrogens is 353 g/mol. The summed E-state index contributed by atoms with van der Waals surface area (Å²) in [5.41, 5.74) is 6.91. The van der Waals surface area contributed by atoms with Gasteiger partial charge in [-0.05, 0) is 31.0 Å². The van der Waals surface area contributed by atoms with E-state index in [1.165, 1.54) is 0 Å². The van der Waals surface area contributed by atoms with Gasteiger partial charge in [0.15, 0.2) is 11.5 Å². The number of carbonyl (C=O) groups is 2. The van der Waals surface area contributed by atoms with Crippen molar-refractivity contribution in [3.05, 3.63) is 23.8 Å². The fraction of sp³-hybridized carbons (Fsp3) is 0.467. The number of benzene rings is 1. The molecule has 1 aromatic carbocycles. The highest BCUT2D eigenvalue weighted by Gasteiger charge is 2.25. The van der Waals surface area contributed by atoms with Crippen LogP contribution in [0.3, 0.4) is 0 Å². The Morgan fingerprint density at radius 2 is 1.68 bits per heavy atom. The zero-order valence-electron chi connectivity index (χ0n) is 14.6. The zero-order chi connectivity index (χ0) is 19.6. The van der Waals surface area contributed by atoms with Crippen molar-refractivity contribution in [1.29, 1.82) is 0 Å². The molecule has 2 unspecified atom stereocenters. The molecule has 0 aliphatic rings. The van der Waals surface area contributed by atoms with E-state index >= 15 is 0 Å². The first-order valence-electron chi connectivity index (χ1n) is 7.23. The monoisotopic (exact) mass is 377 g/mol. The van der Waals surface area contributed by atoms with E-state index in [0.29, 0.717) is 24.5 Å². The third-order valence-electron chi connectivity index (χ3n) is 3.06. The molecule has 1 rings (SSSR count). The van der Waals surface area contributed by atoms with Crippen LogP contribution in [0.25, 0.3) is 0 Å². The van der Waals surface area contributed by atoms with Crippen molar-refractivity contribution in [1.82, 2.24) is 0 Å². The van der Waals surface area contributed by atoms with Gasteiger partial charge in [0.25, 0.3) is 0 Å². The summed E-state index contributed by atoms with van der Waals surface area (Å²) in [6.45, 7) is 3.77.